The van der Waals surface area contributed by atoms with Gasteiger partial charge < -0.3 is 15.2 Å². The zero-order valence-corrected chi connectivity index (χ0v) is 12.7. The van der Waals surface area contributed by atoms with E-state index in [1.54, 1.807) is 30.3 Å². The summed E-state index contributed by atoms with van der Waals surface area (Å²) in [5, 5.41) is 0.999. The van der Waals surface area contributed by atoms with Crippen molar-refractivity contribution < 1.29 is 14.3 Å². The van der Waals surface area contributed by atoms with Gasteiger partial charge in [0.25, 0.3) is 0 Å². The van der Waals surface area contributed by atoms with Crippen LogP contribution in [0, 0.1) is 0 Å². The van der Waals surface area contributed by atoms with Crippen LogP contribution < -0.4 is 10.5 Å². The fourth-order valence-corrected chi connectivity index (χ4v) is 2.13. The molecule has 0 radical (unpaired) electrons. The van der Waals surface area contributed by atoms with E-state index >= 15 is 0 Å². The number of ether oxygens (including phenoxy) is 2. The topological polar surface area (TPSA) is 61.5 Å². The number of hydrogen-bond acceptors (Lipinski definition) is 4. The molecule has 0 aliphatic heterocycles. The molecule has 0 spiro atoms. The van der Waals surface area contributed by atoms with Crippen molar-refractivity contribution in [1.82, 2.24) is 0 Å². The van der Waals surface area contributed by atoms with Gasteiger partial charge in [0, 0.05) is 21.3 Å². The molecule has 0 bridgehead atoms. The first kappa shape index (κ1) is 15.5. The first-order valence-corrected chi connectivity index (χ1v) is 6.81. The third kappa shape index (κ3) is 3.80. The summed E-state index contributed by atoms with van der Waals surface area (Å²) < 4.78 is 10.3. The molecule has 4 nitrogen and oxygen atoms in total. The number of nitrogen functional groups attached to an aromatic ring is 1. The molecule has 0 heterocycles. The Labute approximate surface area is 132 Å². The molecule has 110 valence electrons. The lowest BCUT2D eigenvalue weighted by atomic mass is 10.2. The van der Waals surface area contributed by atoms with Crippen LogP contribution in [0.1, 0.15) is 15.9 Å². The molecule has 2 aromatic rings. The molecular weight excluding hydrogens is 313 g/mol. The van der Waals surface area contributed by atoms with Crippen LogP contribution in [0.25, 0.3) is 0 Å². The summed E-state index contributed by atoms with van der Waals surface area (Å²) in [6.45, 7) is 0.0101. The number of carbonyl (C=O) groups excluding carboxylic acids is 1. The highest BCUT2D eigenvalue weighted by Crippen LogP contribution is 2.24. The average Bonchev–Trinajstić information content (AvgIpc) is 2.47. The number of esters is 1. The summed E-state index contributed by atoms with van der Waals surface area (Å²) in [6, 6.07) is 9.71. The molecule has 0 aliphatic carbocycles. The van der Waals surface area contributed by atoms with E-state index in [1.165, 1.54) is 13.2 Å². The van der Waals surface area contributed by atoms with Crippen molar-refractivity contribution in [3.8, 4) is 5.75 Å². The van der Waals surface area contributed by atoms with Crippen molar-refractivity contribution >= 4 is 34.9 Å². The van der Waals surface area contributed by atoms with Gasteiger partial charge in [-0.3, -0.25) is 0 Å². The summed E-state index contributed by atoms with van der Waals surface area (Å²) in [5.74, 6) is -0.151. The summed E-state index contributed by atoms with van der Waals surface area (Å²) in [7, 11) is 1.47. The van der Waals surface area contributed by atoms with Gasteiger partial charge in [0.2, 0.25) is 0 Å². The van der Waals surface area contributed by atoms with Gasteiger partial charge in [0.05, 0.1) is 7.11 Å². The smallest absolute Gasteiger partial charge is 0.342 e. The lowest BCUT2D eigenvalue weighted by molar-refractivity contribution is 0.0469. The van der Waals surface area contributed by atoms with Crippen LogP contribution in [0.4, 0.5) is 5.69 Å². The van der Waals surface area contributed by atoms with E-state index in [0.29, 0.717) is 27.0 Å². The van der Waals surface area contributed by atoms with E-state index in [4.69, 9.17) is 38.4 Å². The Morgan fingerprint density at radius 1 is 1.19 bits per heavy atom. The van der Waals surface area contributed by atoms with E-state index in [0.717, 1.165) is 0 Å². The zero-order valence-electron chi connectivity index (χ0n) is 11.2. The molecule has 2 N–H and O–H groups in total. The highest BCUT2D eigenvalue weighted by molar-refractivity contribution is 6.33. The molecule has 6 heteroatoms. The second-order valence-corrected chi connectivity index (χ2v) is 5.12. The predicted molar refractivity (Wildman–Crippen MR) is 83.0 cm³/mol. The Morgan fingerprint density at radius 3 is 2.67 bits per heavy atom. The number of carbonyl (C=O) groups is 1. The van der Waals surface area contributed by atoms with Crippen molar-refractivity contribution in [3.63, 3.8) is 0 Å². The summed E-state index contributed by atoms with van der Waals surface area (Å²) in [5.41, 5.74) is 7.00. The third-order valence-corrected chi connectivity index (χ3v) is 3.41. The van der Waals surface area contributed by atoms with Crippen LogP contribution in [0.2, 0.25) is 10.0 Å². The quantitative estimate of drug-likeness (QED) is 0.683. The van der Waals surface area contributed by atoms with Crippen molar-refractivity contribution in [3.05, 3.63) is 57.6 Å². The van der Waals surface area contributed by atoms with Gasteiger partial charge in [0.15, 0.2) is 0 Å². The molecule has 2 rings (SSSR count). The summed E-state index contributed by atoms with van der Waals surface area (Å²) in [4.78, 5) is 12.1. The number of rotatable bonds is 4. The molecule has 0 unspecified atom stereocenters. The largest absolute Gasteiger partial charge is 0.496 e. The maximum Gasteiger partial charge on any atom is 0.342 e. The minimum absolute atomic E-state index is 0.0101. The molecule has 0 atom stereocenters. The second-order valence-electron chi connectivity index (χ2n) is 4.27. The lowest BCUT2D eigenvalue weighted by Gasteiger charge is -2.10. The van der Waals surface area contributed by atoms with E-state index < -0.39 is 5.97 Å². The Morgan fingerprint density at radius 2 is 1.95 bits per heavy atom. The molecule has 21 heavy (non-hydrogen) atoms. The highest BCUT2D eigenvalue weighted by atomic mass is 35.5. The second kappa shape index (κ2) is 6.70. The number of nitrogens with two attached hydrogens (primary N) is 1. The number of methoxy groups -OCH3 is 1. The van der Waals surface area contributed by atoms with Crippen LogP contribution in [0.15, 0.2) is 36.4 Å². The first-order chi connectivity index (χ1) is 10.0. The third-order valence-electron chi connectivity index (χ3n) is 2.81. The molecule has 0 fully saturated rings. The van der Waals surface area contributed by atoms with Gasteiger partial charge in [-0.15, -0.1) is 0 Å². The van der Waals surface area contributed by atoms with Crippen molar-refractivity contribution in [2.75, 3.05) is 12.8 Å². The first-order valence-electron chi connectivity index (χ1n) is 6.06. The highest BCUT2D eigenvalue weighted by Gasteiger charge is 2.15. The maximum atomic E-state index is 12.1. The van der Waals surface area contributed by atoms with Gasteiger partial charge in [-0.05, 0) is 36.4 Å². The summed E-state index contributed by atoms with van der Waals surface area (Å²) >= 11 is 11.9. The Hall–Kier alpha value is -1.91. The molecular formula is C15H13Cl2NO3. The molecule has 0 saturated heterocycles. The fraction of sp³-hybridized carbons (Fsp3) is 0.133. The number of anilines is 1. The average molecular weight is 326 g/mol. The van der Waals surface area contributed by atoms with Crippen molar-refractivity contribution in [2.45, 2.75) is 6.61 Å². The van der Waals surface area contributed by atoms with Gasteiger partial charge >= 0.3 is 5.97 Å². The molecule has 0 aromatic heterocycles. The predicted octanol–water partition coefficient (Wildman–Crippen LogP) is 3.94. The van der Waals surface area contributed by atoms with E-state index in [1.807, 2.05) is 0 Å². The van der Waals surface area contributed by atoms with E-state index in [-0.39, 0.29) is 12.2 Å². The van der Waals surface area contributed by atoms with Gasteiger partial charge in [-0.2, -0.15) is 0 Å². The monoisotopic (exact) mass is 325 g/mol. The Kier molecular flexibility index (Phi) is 4.94. The molecule has 0 saturated carbocycles. The van der Waals surface area contributed by atoms with Gasteiger partial charge in [0.1, 0.15) is 17.9 Å². The number of hydrogen-bond donors (Lipinski definition) is 1. The maximum absolute atomic E-state index is 12.1. The minimum atomic E-state index is -0.546. The zero-order chi connectivity index (χ0) is 15.4. The van der Waals surface area contributed by atoms with Gasteiger partial charge in [-0.1, -0.05) is 23.2 Å². The molecule has 0 amide bonds. The normalized spacial score (nSPS) is 10.2. The van der Waals surface area contributed by atoms with Gasteiger partial charge in [-0.25, -0.2) is 4.79 Å². The standard InChI is InChI=1S/C15H13Cl2NO3/c1-20-14-5-3-11(18)7-12(14)15(19)21-8-9-6-10(16)2-4-13(9)17/h2-7H,8,18H2,1H3. The SMILES string of the molecule is COc1ccc(N)cc1C(=O)OCc1cc(Cl)ccc1Cl. The number of benzene rings is 2. The molecule has 2 aromatic carbocycles. The van der Waals surface area contributed by atoms with Crippen molar-refractivity contribution in [1.29, 1.82) is 0 Å². The van der Waals surface area contributed by atoms with E-state index in [2.05, 4.69) is 0 Å². The summed E-state index contributed by atoms with van der Waals surface area (Å²) in [6.07, 6.45) is 0. The lowest BCUT2D eigenvalue weighted by Crippen LogP contribution is -2.08. The molecule has 0 aliphatic rings. The Balaban J connectivity index is 2.15. The van der Waals surface area contributed by atoms with Crippen LogP contribution in [-0.2, 0) is 11.3 Å². The van der Waals surface area contributed by atoms with Crippen LogP contribution in [0.5, 0.6) is 5.75 Å². The number of halogens is 2. The fourth-order valence-electron chi connectivity index (χ4n) is 1.76. The van der Waals surface area contributed by atoms with Crippen LogP contribution >= 0.6 is 23.2 Å². The van der Waals surface area contributed by atoms with Crippen LogP contribution in [-0.4, -0.2) is 13.1 Å². The Bertz CT molecular complexity index is 674. The van der Waals surface area contributed by atoms with E-state index in [9.17, 15) is 4.79 Å². The van der Waals surface area contributed by atoms with Crippen molar-refractivity contribution in [2.24, 2.45) is 0 Å². The van der Waals surface area contributed by atoms with Crippen LogP contribution in [0.3, 0.4) is 0 Å². The minimum Gasteiger partial charge on any atom is -0.496 e.